The van der Waals surface area contributed by atoms with Gasteiger partial charge in [0.05, 0.1) is 37.4 Å². The number of nitrogens with one attached hydrogen (secondary N) is 1. The lowest BCUT2D eigenvalue weighted by Gasteiger charge is -2.34. The fraction of sp³-hybridized carbons (Fsp3) is 0.475. The predicted octanol–water partition coefficient (Wildman–Crippen LogP) is 4.68. The number of carbonyl (C=O) groups is 1. The third kappa shape index (κ3) is 6.71. The number of carbonyl (C=O) groups excluding carboxylic acids is 1. The number of phenolic OH excluding ortho intramolecular Hbond substituents is 1. The lowest BCUT2D eigenvalue weighted by atomic mass is 9.94. The average molecular weight is 754 g/mol. The molecular formula is C40H45F2N9O4. The number of halogens is 2. The first kappa shape index (κ1) is 35.7. The van der Waals surface area contributed by atoms with Crippen molar-refractivity contribution in [2.24, 2.45) is 0 Å². The van der Waals surface area contributed by atoms with Gasteiger partial charge in [-0.2, -0.15) is 15.1 Å². The van der Waals surface area contributed by atoms with Crippen molar-refractivity contribution in [3.05, 3.63) is 65.1 Å². The molecule has 4 aliphatic rings. The van der Waals surface area contributed by atoms with Crippen molar-refractivity contribution in [2.45, 2.75) is 64.2 Å². The number of anilines is 1. The van der Waals surface area contributed by atoms with E-state index in [0.29, 0.717) is 97.5 Å². The Morgan fingerprint density at radius 3 is 2.67 bits per heavy atom. The number of benzene rings is 2. The van der Waals surface area contributed by atoms with Crippen LogP contribution >= 0.6 is 0 Å². The molecule has 2 N–H and O–H groups in total. The molecule has 13 nitrogen and oxygen atoms in total. The zero-order valence-electron chi connectivity index (χ0n) is 30.9. The summed E-state index contributed by atoms with van der Waals surface area (Å²) in [5, 5.41) is 20.1. The highest BCUT2D eigenvalue weighted by Gasteiger charge is 2.36. The van der Waals surface area contributed by atoms with Gasteiger partial charge < -0.3 is 29.7 Å². The third-order valence-corrected chi connectivity index (χ3v) is 11.5. The molecule has 2 aromatic carbocycles. The lowest BCUT2D eigenvalue weighted by molar-refractivity contribution is -0.0161. The predicted molar refractivity (Wildman–Crippen MR) is 202 cm³/mol. The van der Waals surface area contributed by atoms with Gasteiger partial charge in [-0.3, -0.25) is 19.4 Å². The van der Waals surface area contributed by atoms with E-state index in [1.54, 1.807) is 12.3 Å². The van der Waals surface area contributed by atoms with Gasteiger partial charge in [0, 0.05) is 69.7 Å². The molecule has 0 radical (unpaired) electrons. The minimum atomic E-state index is -0.724. The minimum absolute atomic E-state index is 0.00879. The monoisotopic (exact) mass is 753 g/mol. The molecule has 0 spiro atoms. The quantitative estimate of drug-likeness (QED) is 0.204. The minimum Gasteiger partial charge on any atom is -0.508 e. The highest BCUT2D eigenvalue weighted by atomic mass is 19.1. The number of fused-ring (bicyclic) bond motifs is 5. The van der Waals surface area contributed by atoms with Crippen molar-refractivity contribution in [2.75, 3.05) is 64.0 Å². The van der Waals surface area contributed by atoms with E-state index in [2.05, 4.69) is 20.2 Å². The maximum absolute atomic E-state index is 17.1. The van der Waals surface area contributed by atoms with Crippen LogP contribution in [0.1, 0.15) is 54.4 Å². The fourth-order valence-electron chi connectivity index (χ4n) is 8.81. The lowest BCUT2D eigenvalue weighted by Crippen LogP contribution is -2.46. The van der Waals surface area contributed by atoms with E-state index >= 15 is 8.78 Å². The second kappa shape index (κ2) is 14.9. The molecule has 3 saturated heterocycles. The van der Waals surface area contributed by atoms with Crippen LogP contribution in [0, 0.1) is 11.6 Å². The highest BCUT2D eigenvalue weighted by molar-refractivity contribution is 6.02. The molecule has 288 valence electrons. The van der Waals surface area contributed by atoms with E-state index in [0.717, 1.165) is 57.8 Å². The zero-order valence-corrected chi connectivity index (χ0v) is 30.9. The zero-order chi connectivity index (χ0) is 37.6. The summed E-state index contributed by atoms with van der Waals surface area (Å²) in [5.74, 6) is -0.861. The normalized spacial score (nSPS) is 20.3. The van der Waals surface area contributed by atoms with Crippen LogP contribution in [0.2, 0.25) is 0 Å². The first-order valence-corrected chi connectivity index (χ1v) is 19.4. The Morgan fingerprint density at radius 2 is 1.87 bits per heavy atom. The van der Waals surface area contributed by atoms with Gasteiger partial charge in [-0.25, -0.2) is 8.78 Å². The van der Waals surface area contributed by atoms with E-state index in [1.165, 1.54) is 18.2 Å². The number of rotatable bonds is 9. The van der Waals surface area contributed by atoms with Gasteiger partial charge in [-0.1, -0.05) is 13.0 Å². The smallest absolute Gasteiger partial charge is 0.319 e. The Morgan fingerprint density at radius 1 is 1.05 bits per heavy atom. The molecule has 2 bridgehead atoms. The summed E-state index contributed by atoms with van der Waals surface area (Å²) in [7, 11) is 0. The summed E-state index contributed by atoms with van der Waals surface area (Å²) in [6.07, 6.45) is 5.62. The molecule has 3 fully saturated rings. The van der Waals surface area contributed by atoms with Gasteiger partial charge in [0.1, 0.15) is 28.6 Å². The van der Waals surface area contributed by atoms with Gasteiger partial charge in [0.2, 0.25) is 0 Å². The first-order valence-electron chi connectivity index (χ1n) is 19.4. The third-order valence-electron chi connectivity index (χ3n) is 11.5. The van der Waals surface area contributed by atoms with Crippen molar-refractivity contribution < 1.29 is 28.2 Å². The molecule has 3 aromatic heterocycles. The number of piperazine rings is 1. The Kier molecular flexibility index (Phi) is 9.68. The van der Waals surface area contributed by atoms with Crippen LogP contribution < -0.4 is 15.0 Å². The maximum atomic E-state index is 17.1. The first-order chi connectivity index (χ1) is 26.9. The number of nitrogens with zero attached hydrogens (tertiary/aromatic N) is 8. The highest BCUT2D eigenvalue weighted by Crippen LogP contribution is 2.39. The molecule has 7 heterocycles. The second-order valence-electron chi connectivity index (χ2n) is 14.9. The van der Waals surface area contributed by atoms with Crippen LogP contribution in [0.25, 0.3) is 32.9 Å². The van der Waals surface area contributed by atoms with Gasteiger partial charge in [0.25, 0.3) is 5.91 Å². The van der Waals surface area contributed by atoms with Crippen molar-refractivity contribution in [1.29, 1.82) is 0 Å². The molecule has 9 rings (SSSR count). The molecule has 1 amide bonds. The molecule has 2 unspecified atom stereocenters. The van der Waals surface area contributed by atoms with Crippen LogP contribution in [-0.4, -0.2) is 117 Å². The summed E-state index contributed by atoms with van der Waals surface area (Å²) in [5.41, 5.74) is 1.88. The number of amides is 1. The van der Waals surface area contributed by atoms with Gasteiger partial charge >= 0.3 is 6.01 Å². The number of aromatic hydroxyl groups is 1. The van der Waals surface area contributed by atoms with Crippen LogP contribution in [0.5, 0.6) is 11.8 Å². The van der Waals surface area contributed by atoms with Crippen LogP contribution in [0.4, 0.5) is 14.6 Å². The number of hydrogen-bond donors (Lipinski definition) is 2. The standard InChI is InChI=1S/C40H45F2N9O4/c1-2-29-32(41)8-5-24-17-28(52)19-30(34(24)29)36-35(42)37-31(20-44-36)38(46-40(45-37)55-16-4-12-50-25-6-7-26(50)23-54-22-25)49-11-3-13-51-27(21-49)18-33(47-51)39(53)48-14-9-43-10-15-48/h5,8,17-20,25-26,43,52H,2-4,6-7,9-16,21-23H2,1H3. The van der Waals surface area contributed by atoms with Gasteiger partial charge in [0.15, 0.2) is 11.5 Å². The Labute approximate surface area is 317 Å². The molecule has 15 heteroatoms. The molecule has 0 saturated carbocycles. The van der Waals surface area contributed by atoms with E-state index in [9.17, 15) is 9.90 Å². The van der Waals surface area contributed by atoms with Crippen molar-refractivity contribution >= 4 is 33.4 Å². The average Bonchev–Trinajstić information content (AvgIpc) is 3.61. The SMILES string of the molecule is CCc1c(F)ccc2cc(O)cc(-c3ncc4c(N5CCCn6nc(C(=O)N7CCNCC7)cc6C5)nc(OCCCN5C6CCC5COC6)nc4c3F)c12. The topological polar surface area (TPSA) is 134 Å². The largest absolute Gasteiger partial charge is 0.508 e. The molecule has 2 atom stereocenters. The molecule has 4 aliphatic heterocycles. The molecule has 0 aliphatic carbocycles. The second-order valence-corrected chi connectivity index (χ2v) is 14.9. The summed E-state index contributed by atoms with van der Waals surface area (Å²) in [4.78, 5) is 33.8. The Balaban J connectivity index is 1.08. The maximum Gasteiger partial charge on any atom is 0.319 e. The van der Waals surface area contributed by atoms with E-state index in [-0.39, 0.29) is 34.4 Å². The van der Waals surface area contributed by atoms with Gasteiger partial charge in [-0.05, 0) is 72.7 Å². The summed E-state index contributed by atoms with van der Waals surface area (Å²) < 4.78 is 46.1. The Bertz CT molecular complexity index is 2250. The van der Waals surface area contributed by atoms with E-state index in [4.69, 9.17) is 19.6 Å². The van der Waals surface area contributed by atoms with Crippen molar-refractivity contribution in [3.63, 3.8) is 0 Å². The number of ether oxygens (including phenoxy) is 2. The number of aryl methyl sites for hydroxylation is 2. The summed E-state index contributed by atoms with van der Waals surface area (Å²) in [6.45, 7) is 8.84. The van der Waals surface area contributed by atoms with E-state index < -0.39 is 11.6 Å². The fourth-order valence-corrected chi connectivity index (χ4v) is 8.81. The van der Waals surface area contributed by atoms with Gasteiger partial charge in [-0.15, -0.1) is 0 Å². The van der Waals surface area contributed by atoms with Crippen LogP contribution in [0.3, 0.4) is 0 Å². The molecule has 55 heavy (non-hydrogen) atoms. The van der Waals surface area contributed by atoms with Crippen molar-refractivity contribution in [3.8, 4) is 23.0 Å². The van der Waals surface area contributed by atoms with Crippen LogP contribution in [-0.2, 0) is 24.2 Å². The summed E-state index contributed by atoms with van der Waals surface area (Å²) >= 11 is 0. The van der Waals surface area contributed by atoms with Crippen LogP contribution in [0.15, 0.2) is 36.5 Å². The number of hydrogen-bond acceptors (Lipinski definition) is 11. The number of aromatic nitrogens is 5. The molecule has 5 aromatic rings. The summed E-state index contributed by atoms with van der Waals surface area (Å²) in [6, 6.07) is 8.65. The van der Waals surface area contributed by atoms with E-state index in [1.807, 2.05) is 27.5 Å². The number of pyridine rings is 1. The van der Waals surface area contributed by atoms with Crippen molar-refractivity contribution in [1.82, 2.24) is 39.8 Å². The number of morpholine rings is 1. The molecular weight excluding hydrogens is 708 g/mol. The number of phenols is 1. The Hall–Kier alpha value is -4.99.